The highest BCUT2D eigenvalue weighted by atomic mass is 15.1. The smallest absolute Gasteiger partial charge is 0.00187 e. The van der Waals surface area contributed by atoms with E-state index in [0.717, 1.165) is 23.7 Å². The largest absolute Gasteiger partial charge is 0.316 e. The third-order valence-corrected chi connectivity index (χ3v) is 9.94. The highest BCUT2D eigenvalue weighted by molar-refractivity contribution is 4.74. The van der Waals surface area contributed by atoms with E-state index in [0.29, 0.717) is 24.2 Å². The monoisotopic (exact) mass is 668 g/mol. The second-order valence-corrected chi connectivity index (χ2v) is 16.5. The molecular formula is C40H89N7. The Bertz CT molecular complexity index is 625. The van der Waals surface area contributed by atoms with E-state index in [9.17, 15) is 0 Å². The molecule has 4 rings (SSSR count). The molecule has 1 aliphatic carbocycles. The average Bonchev–Trinajstić information content (AvgIpc) is 3.03. The van der Waals surface area contributed by atoms with Gasteiger partial charge in [0.15, 0.2) is 0 Å². The molecule has 4 aliphatic rings. The van der Waals surface area contributed by atoms with Gasteiger partial charge >= 0.3 is 0 Å². The fourth-order valence-corrected chi connectivity index (χ4v) is 6.80. The molecule has 0 spiro atoms. The van der Waals surface area contributed by atoms with Crippen molar-refractivity contribution in [1.29, 1.82) is 0 Å². The van der Waals surface area contributed by atoms with E-state index in [1.54, 1.807) is 0 Å². The zero-order valence-corrected chi connectivity index (χ0v) is 32.9. The first-order valence-corrected chi connectivity index (χ1v) is 20.0. The van der Waals surface area contributed by atoms with Crippen molar-refractivity contribution in [1.82, 2.24) is 36.4 Å². The molecule has 2 unspecified atom stereocenters. The van der Waals surface area contributed by atoms with Crippen LogP contribution in [-0.4, -0.2) is 114 Å². The van der Waals surface area contributed by atoms with E-state index in [1.165, 1.54) is 136 Å². The normalized spacial score (nSPS) is 23.4. The molecular weight excluding hydrogens is 578 g/mol. The molecule has 7 nitrogen and oxygen atoms in total. The maximum atomic E-state index is 3.52. The van der Waals surface area contributed by atoms with Crippen LogP contribution in [0.25, 0.3) is 0 Å². The Hall–Kier alpha value is -0.280. The van der Waals surface area contributed by atoms with Crippen LogP contribution in [0.2, 0.25) is 0 Å². The summed E-state index contributed by atoms with van der Waals surface area (Å²) < 4.78 is 0. The summed E-state index contributed by atoms with van der Waals surface area (Å²) in [4.78, 5) is 4.86. The minimum atomic E-state index is 0. The van der Waals surface area contributed by atoms with Gasteiger partial charge < -0.3 is 36.4 Å². The van der Waals surface area contributed by atoms with Gasteiger partial charge in [0.25, 0.3) is 0 Å². The highest BCUT2D eigenvalue weighted by Gasteiger charge is 2.17. The minimum Gasteiger partial charge on any atom is -0.316 e. The second kappa shape index (κ2) is 29.5. The number of piperidine rings is 3. The van der Waals surface area contributed by atoms with Crippen molar-refractivity contribution >= 4 is 0 Å². The molecule has 7 heteroatoms. The first-order chi connectivity index (χ1) is 21.9. The van der Waals surface area contributed by atoms with Crippen LogP contribution < -0.4 is 26.6 Å². The zero-order valence-electron chi connectivity index (χ0n) is 32.9. The third-order valence-electron chi connectivity index (χ3n) is 9.94. The van der Waals surface area contributed by atoms with E-state index in [1.807, 2.05) is 0 Å². The average molecular weight is 668 g/mol. The quantitative estimate of drug-likeness (QED) is 0.156. The topological polar surface area (TPSA) is 66.6 Å². The maximum absolute atomic E-state index is 3.52. The molecule has 284 valence electrons. The fraction of sp³-hybridized carbons (Fsp3) is 1.00. The lowest BCUT2D eigenvalue weighted by Crippen LogP contribution is -2.39. The zero-order chi connectivity index (χ0) is 34.2. The number of hydrogen-bond donors (Lipinski definition) is 5. The van der Waals surface area contributed by atoms with Crippen molar-refractivity contribution in [3.8, 4) is 0 Å². The van der Waals surface area contributed by atoms with Gasteiger partial charge in [-0.1, -0.05) is 82.1 Å². The van der Waals surface area contributed by atoms with Crippen molar-refractivity contribution in [2.24, 2.45) is 23.7 Å². The van der Waals surface area contributed by atoms with Gasteiger partial charge in [-0.15, -0.1) is 0 Å². The molecule has 0 radical (unpaired) electrons. The third kappa shape index (κ3) is 28.1. The van der Waals surface area contributed by atoms with E-state index < -0.39 is 0 Å². The summed E-state index contributed by atoms with van der Waals surface area (Å²) in [7, 11) is 4.44. The van der Waals surface area contributed by atoms with Crippen LogP contribution in [-0.2, 0) is 0 Å². The molecule has 47 heavy (non-hydrogen) atoms. The predicted molar refractivity (Wildman–Crippen MR) is 212 cm³/mol. The van der Waals surface area contributed by atoms with Gasteiger partial charge in [-0.05, 0) is 148 Å². The summed E-state index contributed by atoms with van der Waals surface area (Å²) in [5.41, 5.74) is 0. The van der Waals surface area contributed by atoms with E-state index in [4.69, 9.17) is 0 Å². The van der Waals surface area contributed by atoms with Gasteiger partial charge in [0.1, 0.15) is 0 Å². The second-order valence-electron chi connectivity index (χ2n) is 16.5. The van der Waals surface area contributed by atoms with Crippen molar-refractivity contribution in [3.05, 3.63) is 0 Å². The SMILES string of the molecule is C.CC(C)NCC1CCCCC1.CC(C)NCC1CCCN(C)C1.CC(C)NCC1CCCNC1.CC(C)NCC1CCN(C)CC1. The van der Waals surface area contributed by atoms with Crippen molar-refractivity contribution in [3.63, 3.8) is 0 Å². The van der Waals surface area contributed by atoms with Gasteiger partial charge in [-0.2, -0.15) is 0 Å². The lowest BCUT2D eigenvalue weighted by molar-refractivity contribution is 0.204. The Kier molecular flexibility index (Phi) is 29.3. The highest BCUT2D eigenvalue weighted by Crippen LogP contribution is 2.22. The molecule has 4 fully saturated rings. The summed E-state index contributed by atoms with van der Waals surface area (Å²) >= 11 is 0. The van der Waals surface area contributed by atoms with Gasteiger partial charge in [-0.25, -0.2) is 0 Å². The molecule has 3 aliphatic heterocycles. The van der Waals surface area contributed by atoms with Crippen molar-refractivity contribution < 1.29 is 0 Å². The van der Waals surface area contributed by atoms with E-state index >= 15 is 0 Å². The van der Waals surface area contributed by atoms with Crippen LogP contribution in [0.15, 0.2) is 0 Å². The molecule has 0 aromatic rings. The van der Waals surface area contributed by atoms with Crippen molar-refractivity contribution in [2.45, 2.75) is 158 Å². The summed E-state index contributed by atoms with van der Waals surface area (Å²) in [5, 5.41) is 17.4. The van der Waals surface area contributed by atoms with Gasteiger partial charge in [0.2, 0.25) is 0 Å². The molecule has 5 N–H and O–H groups in total. The lowest BCUT2D eigenvalue weighted by atomic mass is 9.89. The number of rotatable bonds is 12. The van der Waals surface area contributed by atoms with E-state index in [-0.39, 0.29) is 7.43 Å². The predicted octanol–water partition coefficient (Wildman–Crippen LogP) is 6.84. The van der Waals surface area contributed by atoms with Crippen LogP contribution in [0.3, 0.4) is 0 Å². The van der Waals surface area contributed by atoms with Crippen LogP contribution in [0.5, 0.6) is 0 Å². The fourth-order valence-electron chi connectivity index (χ4n) is 6.80. The Morgan fingerprint density at radius 2 is 0.915 bits per heavy atom. The molecule has 2 atom stereocenters. The Morgan fingerprint density at radius 1 is 0.489 bits per heavy atom. The molecule has 0 bridgehead atoms. The molecule has 0 aromatic heterocycles. The Labute approximate surface area is 296 Å². The molecule has 1 saturated carbocycles. The number of likely N-dealkylation sites (tertiary alicyclic amines) is 2. The number of hydrogen-bond acceptors (Lipinski definition) is 7. The summed E-state index contributed by atoms with van der Waals surface area (Å²) in [6, 6.07) is 2.58. The van der Waals surface area contributed by atoms with Gasteiger partial charge in [-0.3, -0.25) is 0 Å². The Balaban J connectivity index is 0.000000597. The summed E-state index contributed by atoms with van der Waals surface area (Å²) in [6.45, 7) is 30.1. The van der Waals surface area contributed by atoms with E-state index in [2.05, 4.69) is 106 Å². The lowest BCUT2D eigenvalue weighted by Gasteiger charge is -2.30. The summed E-state index contributed by atoms with van der Waals surface area (Å²) in [5.74, 6) is 3.65. The standard InChI is InChI=1S/2C10H22N2.C10H21N.C9H20N2.CH4/c1-9(2)11-8-10-4-6-12(3)7-5-10;1-9(2)11-7-10-5-4-6-12(3)8-10;1-9(2)11-8-10-6-4-3-5-7-10;1-8(2)11-7-9-4-3-5-10-6-9;/h2*9-11H,4-8H2,1-3H3;9-11H,3-8H2,1-2H3;8-11H,3-7H2,1-2H3;1H4. The van der Waals surface area contributed by atoms with Crippen LogP contribution in [0.4, 0.5) is 0 Å². The molecule has 0 amide bonds. The van der Waals surface area contributed by atoms with Gasteiger partial charge in [0, 0.05) is 30.7 Å². The van der Waals surface area contributed by atoms with Crippen LogP contribution >= 0.6 is 0 Å². The van der Waals surface area contributed by atoms with Crippen molar-refractivity contribution in [2.75, 3.05) is 79.5 Å². The minimum absolute atomic E-state index is 0. The van der Waals surface area contributed by atoms with Crippen LogP contribution in [0.1, 0.15) is 133 Å². The van der Waals surface area contributed by atoms with Crippen LogP contribution in [0, 0.1) is 23.7 Å². The molecule has 3 saturated heterocycles. The maximum Gasteiger partial charge on any atom is 0.00187 e. The summed E-state index contributed by atoms with van der Waals surface area (Å²) in [6.07, 6.45) is 15.6. The Morgan fingerprint density at radius 3 is 1.36 bits per heavy atom. The molecule has 3 heterocycles. The first-order valence-electron chi connectivity index (χ1n) is 20.0. The van der Waals surface area contributed by atoms with Gasteiger partial charge in [0.05, 0.1) is 0 Å². The number of nitrogens with zero attached hydrogens (tertiary/aromatic N) is 2. The first kappa shape index (κ1) is 46.7. The number of nitrogens with one attached hydrogen (secondary N) is 5. The molecule has 0 aromatic carbocycles.